The highest BCUT2D eigenvalue weighted by Gasteiger charge is 2.28. The number of carbonyl (C=O) groups is 1. The Bertz CT molecular complexity index is 402. The summed E-state index contributed by atoms with van der Waals surface area (Å²) in [7, 11) is 1.39. The number of anilines is 1. The Balaban J connectivity index is 2.92. The molecule has 0 aliphatic carbocycles. The molecule has 0 atom stereocenters. The Morgan fingerprint density at radius 1 is 1.44 bits per heavy atom. The van der Waals surface area contributed by atoms with Gasteiger partial charge in [0.25, 0.3) is 0 Å². The van der Waals surface area contributed by atoms with Gasteiger partial charge in [-0.15, -0.1) is 0 Å². The summed E-state index contributed by atoms with van der Waals surface area (Å²) in [6, 6.07) is 5.86. The molecule has 1 aromatic rings. The Morgan fingerprint density at radius 3 is 2.56 bits per heavy atom. The number of esters is 1. The summed E-state index contributed by atoms with van der Waals surface area (Å²) >= 11 is 3.40. The first-order chi connectivity index (χ1) is 7.36. The molecule has 1 rings (SSSR count). The van der Waals surface area contributed by atoms with Crippen molar-refractivity contribution in [1.82, 2.24) is 0 Å². The lowest BCUT2D eigenvalue weighted by Crippen LogP contribution is -2.41. The number of carbonyl (C=O) groups excluding carboxylic acids is 1. The molecule has 0 spiro atoms. The Labute approximate surface area is 104 Å². The summed E-state index contributed by atoms with van der Waals surface area (Å²) in [5.74, 6) is -0.283. The first kappa shape index (κ1) is 13.0. The summed E-state index contributed by atoms with van der Waals surface area (Å²) in [6.45, 7) is 5.57. The maximum Gasteiger partial charge on any atom is 0.330 e. The van der Waals surface area contributed by atoms with Crippen LogP contribution in [-0.4, -0.2) is 18.6 Å². The molecule has 0 radical (unpaired) electrons. The van der Waals surface area contributed by atoms with Gasteiger partial charge in [-0.3, -0.25) is 0 Å². The van der Waals surface area contributed by atoms with Gasteiger partial charge in [0.2, 0.25) is 0 Å². The second-order valence-electron chi connectivity index (χ2n) is 4.20. The molecule has 0 aliphatic heterocycles. The number of hydrogen-bond acceptors (Lipinski definition) is 3. The molecule has 1 N–H and O–H groups in total. The van der Waals surface area contributed by atoms with E-state index < -0.39 is 5.54 Å². The predicted octanol–water partition coefficient (Wildman–Crippen LogP) is 3.12. The first-order valence-corrected chi connectivity index (χ1v) is 5.79. The van der Waals surface area contributed by atoms with Gasteiger partial charge in [0, 0.05) is 10.2 Å². The molecule has 16 heavy (non-hydrogen) atoms. The first-order valence-electron chi connectivity index (χ1n) is 4.99. The number of benzene rings is 1. The Morgan fingerprint density at radius 2 is 2.06 bits per heavy atom. The van der Waals surface area contributed by atoms with Crippen molar-refractivity contribution in [3.63, 3.8) is 0 Å². The lowest BCUT2D eigenvalue weighted by Gasteiger charge is -2.25. The quantitative estimate of drug-likeness (QED) is 0.868. The number of ether oxygens (including phenoxy) is 1. The molecule has 0 aliphatic rings. The molecule has 1 aromatic carbocycles. The topological polar surface area (TPSA) is 38.3 Å². The average Bonchev–Trinajstić information content (AvgIpc) is 2.21. The van der Waals surface area contributed by atoms with E-state index in [1.54, 1.807) is 13.8 Å². The Hall–Kier alpha value is -1.03. The van der Waals surface area contributed by atoms with Crippen molar-refractivity contribution in [3.8, 4) is 0 Å². The minimum atomic E-state index is -0.729. The van der Waals surface area contributed by atoms with Crippen molar-refractivity contribution >= 4 is 27.6 Å². The number of hydrogen-bond donors (Lipinski definition) is 1. The summed E-state index contributed by atoms with van der Waals surface area (Å²) < 4.78 is 5.76. The van der Waals surface area contributed by atoms with Crippen molar-refractivity contribution in [2.45, 2.75) is 26.3 Å². The zero-order valence-corrected chi connectivity index (χ0v) is 11.5. The molecule has 0 heterocycles. The van der Waals surface area contributed by atoms with Gasteiger partial charge < -0.3 is 10.1 Å². The highest BCUT2D eigenvalue weighted by molar-refractivity contribution is 9.10. The molecular formula is C12H16BrNO2. The van der Waals surface area contributed by atoms with Gasteiger partial charge in [-0.05, 0) is 44.5 Å². The van der Waals surface area contributed by atoms with Crippen molar-refractivity contribution in [2.24, 2.45) is 0 Å². The maximum atomic E-state index is 11.5. The standard InChI is InChI=1S/C12H16BrNO2/c1-8-7-9(13)5-6-10(8)14-12(2,3)11(15)16-4/h5-7,14H,1-4H3. The summed E-state index contributed by atoms with van der Waals surface area (Å²) in [6.07, 6.45) is 0. The third-order valence-corrected chi connectivity index (χ3v) is 2.82. The fraction of sp³-hybridized carbons (Fsp3) is 0.417. The van der Waals surface area contributed by atoms with Gasteiger partial charge in [0.05, 0.1) is 7.11 Å². The second kappa shape index (κ2) is 4.87. The molecule has 3 nitrogen and oxygen atoms in total. The van der Waals surface area contributed by atoms with Gasteiger partial charge in [-0.1, -0.05) is 15.9 Å². The van der Waals surface area contributed by atoms with E-state index in [1.165, 1.54) is 7.11 Å². The summed E-state index contributed by atoms with van der Waals surface area (Å²) in [5, 5.41) is 3.17. The van der Waals surface area contributed by atoms with Crippen molar-refractivity contribution in [3.05, 3.63) is 28.2 Å². The van der Waals surface area contributed by atoms with Gasteiger partial charge in [-0.25, -0.2) is 4.79 Å². The van der Waals surface area contributed by atoms with Crippen LogP contribution >= 0.6 is 15.9 Å². The van der Waals surface area contributed by atoms with Crippen molar-refractivity contribution in [1.29, 1.82) is 0 Å². The van der Waals surface area contributed by atoms with Gasteiger partial charge >= 0.3 is 5.97 Å². The van der Waals surface area contributed by atoms with E-state index in [-0.39, 0.29) is 5.97 Å². The van der Waals surface area contributed by atoms with Crippen LogP contribution in [0.4, 0.5) is 5.69 Å². The van der Waals surface area contributed by atoms with Crippen LogP contribution in [0.5, 0.6) is 0 Å². The monoisotopic (exact) mass is 285 g/mol. The molecule has 4 heteroatoms. The third-order valence-electron chi connectivity index (χ3n) is 2.33. The smallest absolute Gasteiger partial charge is 0.330 e. The number of methoxy groups -OCH3 is 1. The van der Waals surface area contributed by atoms with Crippen LogP contribution < -0.4 is 5.32 Å². The molecular weight excluding hydrogens is 270 g/mol. The molecule has 0 saturated carbocycles. The van der Waals surface area contributed by atoms with E-state index >= 15 is 0 Å². The van der Waals surface area contributed by atoms with E-state index in [4.69, 9.17) is 4.74 Å². The fourth-order valence-corrected chi connectivity index (χ4v) is 1.89. The molecule has 0 saturated heterocycles. The van der Waals surface area contributed by atoms with Crippen LogP contribution in [0.15, 0.2) is 22.7 Å². The predicted molar refractivity (Wildman–Crippen MR) is 68.6 cm³/mol. The maximum absolute atomic E-state index is 11.5. The van der Waals surface area contributed by atoms with Crippen molar-refractivity contribution < 1.29 is 9.53 Å². The van der Waals surface area contributed by atoms with E-state index in [0.717, 1.165) is 15.7 Å². The zero-order valence-electron chi connectivity index (χ0n) is 9.93. The SMILES string of the molecule is COC(=O)C(C)(C)Nc1ccc(Br)cc1C. The molecule has 0 aromatic heterocycles. The van der Waals surface area contributed by atoms with Gasteiger partial charge in [0.1, 0.15) is 5.54 Å². The average molecular weight is 286 g/mol. The number of nitrogens with one attached hydrogen (secondary N) is 1. The van der Waals surface area contributed by atoms with E-state index in [9.17, 15) is 4.79 Å². The second-order valence-corrected chi connectivity index (χ2v) is 5.12. The van der Waals surface area contributed by atoms with Crippen LogP contribution in [0.3, 0.4) is 0 Å². The number of rotatable bonds is 3. The van der Waals surface area contributed by atoms with Crippen LogP contribution in [0.1, 0.15) is 19.4 Å². The van der Waals surface area contributed by atoms with Crippen LogP contribution in [0.2, 0.25) is 0 Å². The lowest BCUT2D eigenvalue weighted by molar-refractivity contribution is -0.144. The largest absolute Gasteiger partial charge is 0.467 e. The highest BCUT2D eigenvalue weighted by atomic mass is 79.9. The van der Waals surface area contributed by atoms with Crippen LogP contribution in [0, 0.1) is 6.92 Å². The fourth-order valence-electron chi connectivity index (χ4n) is 1.41. The minimum Gasteiger partial charge on any atom is -0.467 e. The number of halogens is 1. The van der Waals surface area contributed by atoms with Crippen LogP contribution in [-0.2, 0) is 9.53 Å². The molecule has 88 valence electrons. The van der Waals surface area contributed by atoms with Gasteiger partial charge in [0.15, 0.2) is 0 Å². The Kier molecular flexibility index (Phi) is 3.97. The third kappa shape index (κ3) is 2.98. The normalized spacial score (nSPS) is 11.1. The zero-order chi connectivity index (χ0) is 12.3. The molecule has 0 fully saturated rings. The minimum absolute atomic E-state index is 0.283. The van der Waals surface area contributed by atoms with E-state index in [1.807, 2.05) is 25.1 Å². The van der Waals surface area contributed by atoms with Crippen LogP contribution in [0.25, 0.3) is 0 Å². The summed E-state index contributed by atoms with van der Waals surface area (Å²) in [5.41, 5.74) is 1.28. The van der Waals surface area contributed by atoms with E-state index in [2.05, 4.69) is 21.2 Å². The molecule has 0 amide bonds. The molecule has 0 bridgehead atoms. The number of aryl methyl sites for hydroxylation is 1. The highest BCUT2D eigenvalue weighted by Crippen LogP contribution is 2.23. The van der Waals surface area contributed by atoms with Gasteiger partial charge in [-0.2, -0.15) is 0 Å². The van der Waals surface area contributed by atoms with Crippen molar-refractivity contribution in [2.75, 3.05) is 12.4 Å². The van der Waals surface area contributed by atoms with E-state index in [0.29, 0.717) is 0 Å². The lowest BCUT2D eigenvalue weighted by atomic mass is 10.0. The molecule has 0 unspecified atom stereocenters. The summed E-state index contributed by atoms with van der Waals surface area (Å²) in [4.78, 5) is 11.5.